The van der Waals surface area contributed by atoms with Crippen molar-refractivity contribution < 1.29 is 4.74 Å². The summed E-state index contributed by atoms with van der Waals surface area (Å²) < 4.78 is 5.55. The van der Waals surface area contributed by atoms with Gasteiger partial charge in [-0.3, -0.25) is 0 Å². The second-order valence-electron chi connectivity index (χ2n) is 4.53. The Morgan fingerprint density at radius 3 is 1.97 bits per heavy atom. The quantitative estimate of drug-likeness (QED) is 0.432. The molecule has 0 saturated heterocycles. The maximum absolute atomic E-state index is 8.79. The molecule has 0 radical (unpaired) electrons. The van der Waals surface area contributed by atoms with Gasteiger partial charge in [-0.1, -0.05) is 18.2 Å². The van der Waals surface area contributed by atoms with Gasteiger partial charge >= 0.3 is 6.01 Å². The van der Waals surface area contributed by atoms with Crippen molar-refractivity contribution >= 4 is 17.6 Å². The Kier molecular flexibility index (Phi) is 13.3. The van der Waals surface area contributed by atoms with Crippen molar-refractivity contribution in [3.63, 3.8) is 0 Å². The van der Waals surface area contributed by atoms with Gasteiger partial charge in [-0.15, -0.1) is 0 Å². The van der Waals surface area contributed by atoms with Gasteiger partial charge in [-0.25, -0.2) is 0 Å². The number of rotatable bonds is 4. The van der Waals surface area contributed by atoms with Crippen molar-refractivity contribution in [3.8, 4) is 17.8 Å². The first kappa shape index (κ1) is 25.2. The lowest BCUT2D eigenvalue weighted by Gasteiger charge is -2.08. The van der Waals surface area contributed by atoms with E-state index in [-0.39, 0.29) is 17.9 Å². The molecule has 3 aromatic rings. The third kappa shape index (κ3) is 9.12. The Hall–Kier alpha value is -3.78. The van der Waals surface area contributed by atoms with Crippen LogP contribution < -0.4 is 33.0 Å². The summed E-state index contributed by atoms with van der Waals surface area (Å²) in [6, 6.07) is 18.2. The molecule has 0 aliphatic carbocycles. The monoisotopic (exact) mass is 397 g/mol. The van der Waals surface area contributed by atoms with Gasteiger partial charge in [0.05, 0.1) is 11.6 Å². The molecule has 0 bridgehead atoms. The van der Waals surface area contributed by atoms with Gasteiger partial charge in [0.1, 0.15) is 5.75 Å². The van der Waals surface area contributed by atoms with E-state index >= 15 is 0 Å². The SMILES string of the molecule is CN.CN.CN.N#Cc1ccc(Nc2nc(N)nc(Oc3ccccc3)n2)cc1. The molecule has 0 fully saturated rings. The molecule has 0 saturated carbocycles. The standard InChI is InChI=1S/C16H12N6O.3CH5N/c17-10-11-6-8-12(9-7-11)19-15-20-14(18)21-16(22-15)23-13-4-2-1-3-5-13;3*1-2/h1-9H,(H3,18,19,20,21,22);3*2H2,1H3. The first-order valence-corrected chi connectivity index (χ1v) is 8.48. The van der Waals surface area contributed by atoms with Crippen LogP contribution in [0, 0.1) is 11.3 Å². The number of aromatic nitrogens is 3. The normalized spacial score (nSPS) is 8.45. The summed E-state index contributed by atoms with van der Waals surface area (Å²) in [6.07, 6.45) is 0. The molecular weight excluding hydrogens is 370 g/mol. The first-order valence-electron chi connectivity index (χ1n) is 8.48. The van der Waals surface area contributed by atoms with Gasteiger partial charge in [-0.05, 0) is 57.5 Å². The summed E-state index contributed by atoms with van der Waals surface area (Å²) >= 11 is 0. The largest absolute Gasteiger partial charge is 0.424 e. The molecule has 10 heteroatoms. The van der Waals surface area contributed by atoms with Crippen molar-refractivity contribution in [3.05, 3.63) is 60.2 Å². The number of benzene rings is 2. The highest BCUT2D eigenvalue weighted by atomic mass is 16.5. The van der Waals surface area contributed by atoms with Gasteiger partial charge < -0.3 is 33.0 Å². The van der Waals surface area contributed by atoms with Crippen LogP contribution in [0.2, 0.25) is 0 Å². The maximum Gasteiger partial charge on any atom is 0.328 e. The molecule has 0 amide bonds. The number of nitriles is 1. The van der Waals surface area contributed by atoms with E-state index in [0.717, 1.165) is 5.69 Å². The third-order valence-electron chi connectivity index (χ3n) is 2.85. The second-order valence-corrected chi connectivity index (χ2v) is 4.53. The summed E-state index contributed by atoms with van der Waals surface area (Å²) in [5, 5.41) is 11.8. The number of para-hydroxylation sites is 1. The number of hydrogen-bond acceptors (Lipinski definition) is 10. The predicted molar refractivity (Wildman–Crippen MR) is 116 cm³/mol. The molecule has 29 heavy (non-hydrogen) atoms. The van der Waals surface area contributed by atoms with Crippen LogP contribution in [0.4, 0.5) is 17.6 Å². The predicted octanol–water partition coefficient (Wildman–Crippen LogP) is 1.59. The van der Waals surface area contributed by atoms with Crippen molar-refractivity contribution in [2.24, 2.45) is 17.2 Å². The minimum absolute atomic E-state index is 0.0436. The van der Waals surface area contributed by atoms with E-state index in [1.807, 2.05) is 18.2 Å². The van der Waals surface area contributed by atoms with Crippen molar-refractivity contribution in [2.75, 3.05) is 32.2 Å². The molecule has 2 aromatic carbocycles. The van der Waals surface area contributed by atoms with Gasteiger partial charge in [0.15, 0.2) is 0 Å². The molecule has 0 aliphatic rings. The van der Waals surface area contributed by atoms with E-state index < -0.39 is 0 Å². The number of hydrogen-bond donors (Lipinski definition) is 5. The van der Waals surface area contributed by atoms with Crippen LogP contribution in [0.15, 0.2) is 54.6 Å². The van der Waals surface area contributed by atoms with Gasteiger partial charge in [0, 0.05) is 5.69 Å². The highest BCUT2D eigenvalue weighted by molar-refractivity contribution is 5.55. The molecule has 0 spiro atoms. The molecule has 0 unspecified atom stereocenters. The van der Waals surface area contributed by atoms with E-state index in [4.69, 9.17) is 15.7 Å². The fourth-order valence-corrected chi connectivity index (χ4v) is 1.82. The van der Waals surface area contributed by atoms with Crippen LogP contribution in [0.5, 0.6) is 11.8 Å². The smallest absolute Gasteiger partial charge is 0.328 e. The topological polar surface area (TPSA) is 188 Å². The van der Waals surface area contributed by atoms with Crippen LogP contribution in [0.1, 0.15) is 5.56 Å². The Balaban J connectivity index is 0.00000120. The number of anilines is 3. The molecule has 0 atom stereocenters. The average Bonchev–Trinajstić information content (AvgIpc) is 2.79. The highest BCUT2D eigenvalue weighted by Gasteiger charge is 2.07. The Bertz CT molecular complexity index is 850. The van der Waals surface area contributed by atoms with Crippen LogP contribution in [-0.4, -0.2) is 36.1 Å². The molecule has 9 N–H and O–H groups in total. The van der Waals surface area contributed by atoms with E-state index in [1.54, 1.807) is 36.4 Å². The lowest BCUT2D eigenvalue weighted by molar-refractivity contribution is 0.442. The molecular formula is C19H27N9O. The number of nitrogen functional groups attached to an aromatic ring is 1. The van der Waals surface area contributed by atoms with Crippen molar-refractivity contribution in [1.82, 2.24) is 15.0 Å². The van der Waals surface area contributed by atoms with Crippen LogP contribution in [0.3, 0.4) is 0 Å². The molecule has 10 nitrogen and oxygen atoms in total. The Morgan fingerprint density at radius 2 is 1.41 bits per heavy atom. The second kappa shape index (κ2) is 15.3. The third-order valence-corrected chi connectivity index (χ3v) is 2.85. The average molecular weight is 397 g/mol. The highest BCUT2D eigenvalue weighted by Crippen LogP contribution is 2.20. The van der Waals surface area contributed by atoms with E-state index in [2.05, 4.69) is 43.5 Å². The van der Waals surface area contributed by atoms with E-state index in [9.17, 15) is 0 Å². The van der Waals surface area contributed by atoms with Crippen LogP contribution >= 0.6 is 0 Å². The molecule has 1 heterocycles. The summed E-state index contributed by atoms with van der Waals surface area (Å²) in [6.45, 7) is 0. The van der Waals surface area contributed by atoms with Crippen LogP contribution in [0.25, 0.3) is 0 Å². The number of nitrogens with one attached hydrogen (secondary N) is 1. The zero-order chi connectivity index (χ0) is 22.1. The number of nitrogens with zero attached hydrogens (tertiary/aromatic N) is 4. The minimum atomic E-state index is 0.0436. The Labute approximate surface area is 170 Å². The zero-order valence-electron chi connectivity index (χ0n) is 16.7. The minimum Gasteiger partial charge on any atom is -0.424 e. The molecule has 1 aromatic heterocycles. The first-order chi connectivity index (χ1) is 14.2. The number of ether oxygens (including phenoxy) is 1. The van der Waals surface area contributed by atoms with E-state index in [1.165, 1.54) is 21.1 Å². The number of nitrogens with two attached hydrogens (primary N) is 4. The molecule has 3 rings (SSSR count). The van der Waals surface area contributed by atoms with Gasteiger partial charge in [0.25, 0.3) is 0 Å². The van der Waals surface area contributed by atoms with Gasteiger partial charge in [0.2, 0.25) is 11.9 Å². The fraction of sp³-hybridized carbons (Fsp3) is 0.158. The van der Waals surface area contributed by atoms with E-state index in [0.29, 0.717) is 11.3 Å². The van der Waals surface area contributed by atoms with Crippen LogP contribution in [-0.2, 0) is 0 Å². The van der Waals surface area contributed by atoms with Gasteiger partial charge in [-0.2, -0.15) is 20.2 Å². The molecule has 154 valence electrons. The maximum atomic E-state index is 8.79. The summed E-state index contributed by atoms with van der Waals surface area (Å²) in [4.78, 5) is 12.1. The zero-order valence-corrected chi connectivity index (χ0v) is 16.7. The van der Waals surface area contributed by atoms with Crippen molar-refractivity contribution in [1.29, 1.82) is 5.26 Å². The lowest BCUT2D eigenvalue weighted by Crippen LogP contribution is -2.05. The lowest BCUT2D eigenvalue weighted by atomic mass is 10.2. The Morgan fingerprint density at radius 1 is 0.828 bits per heavy atom. The fourth-order valence-electron chi connectivity index (χ4n) is 1.82. The summed E-state index contributed by atoms with van der Waals surface area (Å²) in [5.41, 5.74) is 20.5. The summed E-state index contributed by atoms with van der Waals surface area (Å²) in [7, 11) is 4.50. The van der Waals surface area contributed by atoms with Crippen molar-refractivity contribution in [2.45, 2.75) is 0 Å². The molecule has 0 aliphatic heterocycles. The summed E-state index contributed by atoms with van der Waals surface area (Å²) in [5.74, 6) is 0.901.